The highest BCUT2D eigenvalue weighted by Crippen LogP contribution is 2.26. The van der Waals surface area contributed by atoms with Crippen molar-refractivity contribution in [2.45, 2.75) is 71.6 Å². The fourth-order valence-electron chi connectivity index (χ4n) is 2.75. The van der Waals surface area contributed by atoms with Gasteiger partial charge in [0.15, 0.2) is 23.3 Å². The Morgan fingerprint density at radius 2 is 1.15 bits per heavy atom. The van der Waals surface area contributed by atoms with Gasteiger partial charge in [-0.25, -0.2) is 22.0 Å². The van der Waals surface area contributed by atoms with Gasteiger partial charge in [0, 0.05) is 30.9 Å². The highest BCUT2D eigenvalue weighted by molar-refractivity contribution is 6.60. The van der Waals surface area contributed by atoms with Crippen molar-refractivity contribution in [1.82, 2.24) is 0 Å². The number of rotatable bonds is 11. The summed E-state index contributed by atoms with van der Waals surface area (Å²) in [6.45, 7) is 7.47. The quantitative estimate of drug-likeness (QED) is 0.157. The second kappa shape index (κ2) is 10.5. The largest absolute Gasteiger partial charge is 0.501 e. The number of unbranched alkanes of at least 4 members (excludes halogenated alkanes) is 2. The predicted octanol–water partition coefficient (Wildman–Crippen LogP) is 5.53. The van der Waals surface area contributed by atoms with Gasteiger partial charge < -0.3 is 13.3 Å². The molecule has 0 saturated heterocycles. The van der Waals surface area contributed by atoms with Gasteiger partial charge in [-0.2, -0.15) is 0 Å². The summed E-state index contributed by atoms with van der Waals surface area (Å²) in [7, 11) is -1.37. The molecule has 0 radical (unpaired) electrons. The van der Waals surface area contributed by atoms with E-state index in [4.69, 9.17) is 13.3 Å². The smallest absolute Gasteiger partial charge is 0.377 e. The molecular formula is C18H27F5O3Si. The third-order valence-electron chi connectivity index (χ3n) is 3.85. The number of halogens is 5. The third kappa shape index (κ3) is 6.51. The second-order valence-electron chi connectivity index (χ2n) is 6.83. The summed E-state index contributed by atoms with van der Waals surface area (Å²) < 4.78 is 84.1. The van der Waals surface area contributed by atoms with Crippen LogP contribution in [-0.2, 0) is 19.7 Å². The lowest BCUT2D eigenvalue weighted by Gasteiger charge is -2.31. The van der Waals surface area contributed by atoms with E-state index in [9.17, 15) is 22.0 Å². The van der Waals surface area contributed by atoms with E-state index >= 15 is 0 Å². The molecule has 0 N–H and O–H groups in total. The minimum atomic E-state index is -2.89. The predicted molar refractivity (Wildman–Crippen MR) is 93.8 cm³/mol. The summed E-state index contributed by atoms with van der Waals surface area (Å²) >= 11 is 0. The van der Waals surface area contributed by atoms with Crippen LogP contribution in [0.4, 0.5) is 22.0 Å². The summed E-state index contributed by atoms with van der Waals surface area (Å²) in [5.74, 6) is -9.49. The van der Waals surface area contributed by atoms with Crippen molar-refractivity contribution in [1.29, 1.82) is 0 Å². The molecule has 1 aromatic carbocycles. The van der Waals surface area contributed by atoms with E-state index in [1.807, 2.05) is 27.7 Å². The first-order chi connectivity index (χ1) is 12.5. The first kappa shape index (κ1) is 24.0. The van der Waals surface area contributed by atoms with Crippen molar-refractivity contribution in [3.63, 3.8) is 0 Å². The molecule has 0 aliphatic rings. The molecule has 0 aliphatic heterocycles. The lowest BCUT2D eigenvalue weighted by Crippen LogP contribution is -2.48. The van der Waals surface area contributed by atoms with Gasteiger partial charge in [-0.05, 0) is 47.0 Å². The van der Waals surface area contributed by atoms with Gasteiger partial charge in [0.05, 0.1) is 0 Å². The molecule has 0 heterocycles. The van der Waals surface area contributed by atoms with Crippen LogP contribution < -0.4 is 0 Å². The molecule has 0 bridgehead atoms. The van der Waals surface area contributed by atoms with Crippen LogP contribution in [0.2, 0.25) is 6.04 Å². The first-order valence-corrected chi connectivity index (χ1v) is 10.9. The maximum atomic E-state index is 13.7. The lowest BCUT2D eigenvalue weighted by molar-refractivity contribution is 0.0323. The van der Waals surface area contributed by atoms with Crippen LogP contribution in [0.3, 0.4) is 0 Å². The molecule has 0 atom stereocenters. The van der Waals surface area contributed by atoms with Gasteiger partial charge in [0.1, 0.15) is 0 Å². The Hall–Kier alpha value is -1.03. The van der Waals surface area contributed by atoms with Gasteiger partial charge in [-0.3, -0.25) is 0 Å². The van der Waals surface area contributed by atoms with Crippen LogP contribution in [0.1, 0.15) is 52.5 Å². The average Bonchev–Trinajstić information content (AvgIpc) is 2.59. The molecule has 0 aromatic heterocycles. The molecule has 0 aliphatic carbocycles. The van der Waals surface area contributed by atoms with Crippen LogP contribution in [0, 0.1) is 29.1 Å². The highest BCUT2D eigenvalue weighted by Gasteiger charge is 2.41. The molecular weight excluding hydrogens is 387 g/mol. The minimum absolute atomic E-state index is 0.0938. The number of benzene rings is 1. The van der Waals surface area contributed by atoms with E-state index < -0.39 is 43.5 Å². The normalized spacial score (nSPS) is 12.4. The van der Waals surface area contributed by atoms with Gasteiger partial charge in [-0.1, -0.05) is 6.42 Å². The average molecular weight is 414 g/mol. The number of hydrogen-bond donors (Lipinski definition) is 0. The lowest BCUT2D eigenvalue weighted by atomic mass is 10.1. The van der Waals surface area contributed by atoms with E-state index in [1.165, 1.54) is 7.11 Å². The fourth-order valence-corrected chi connectivity index (χ4v) is 5.56. The summed E-state index contributed by atoms with van der Waals surface area (Å²) in [6, 6.07) is 0.497. The van der Waals surface area contributed by atoms with Crippen LogP contribution in [0.15, 0.2) is 0 Å². The fraction of sp³-hybridized carbons (Fsp3) is 0.667. The topological polar surface area (TPSA) is 27.7 Å². The van der Waals surface area contributed by atoms with Crippen LogP contribution in [0.25, 0.3) is 0 Å². The Morgan fingerprint density at radius 3 is 1.56 bits per heavy atom. The van der Waals surface area contributed by atoms with Crippen LogP contribution in [-0.4, -0.2) is 28.1 Å². The number of hydrogen-bond acceptors (Lipinski definition) is 3. The molecule has 0 amide bonds. The van der Waals surface area contributed by atoms with E-state index in [0.717, 1.165) is 0 Å². The summed E-state index contributed by atoms with van der Waals surface area (Å²) in [5.41, 5.74) is -0.779. The minimum Gasteiger partial charge on any atom is -0.377 e. The van der Waals surface area contributed by atoms with Crippen molar-refractivity contribution >= 4 is 8.80 Å². The van der Waals surface area contributed by atoms with Gasteiger partial charge in [-0.15, -0.1) is 0 Å². The van der Waals surface area contributed by atoms with E-state index in [1.54, 1.807) is 0 Å². The highest BCUT2D eigenvalue weighted by atomic mass is 28.4. The molecule has 156 valence electrons. The molecule has 27 heavy (non-hydrogen) atoms. The molecule has 0 saturated carbocycles. The zero-order chi connectivity index (χ0) is 20.8. The molecule has 0 spiro atoms. The SMILES string of the molecule is CO[Si](CCCCCc1c(F)c(F)c(F)c(F)c1F)(OC(C)C)OC(C)C. The molecule has 1 rings (SSSR count). The summed E-state index contributed by atoms with van der Waals surface area (Å²) in [5, 5.41) is 0. The maximum absolute atomic E-state index is 13.7. The van der Waals surface area contributed by atoms with E-state index in [0.29, 0.717) is 18.9 Å². The van der Waals surface area contributed by atoms with E-state index in [-0.39, 0.29) is 25.0 Å². The van der Waals surface area contributed by atoms with Crippen molar-refractivity contribution in [2.75, 3.05) is 7.11 Å². The molecule has 0 fully saturated rings. The van der Waals surface area contributed by atoms with Gasteiger partial charge in [0.2, 0.25) is 5.82 Å². The molecule has 1 aromatic rings. The molecule has 3 nitrogen and oxygen atoms in total. The Kier molecular flexibility index (Phi) is 9.33. The Labute approximate surface area is 158 Å². The maximum Gasteiger partial charge on any atom is 0.501 e. The Bertz CT molecular complexity index is 587. The zero-order valence-corrected chi connectivity index (χ0v) is 17.3. The van der Waals surface area contributed by atoms with Gasteiger partial charge >= 0.3 is 8.80 Å². The summed E-state index contributed by atoms with van der Waals surface area (Å²) in [4.78, 5) is 0. The monoisotopic (exact) mass is 414 g/mol. The second-order valence-corrected chi connectivity index (χ2v) is 9.58. The van der Waals surface area contributed by atoms with Crippen LogP contribution in [0.5, 0.6) is 0 Å². The van der Waals surface area contributed by atoms with Crippen molar-refractivity contribution in [3.8, 4) is 0 Å². The molecule has 0 unspecified atom stereocenters. The third-order valence-corrected chi connectivity index (χ3v) is 7.10. The van der Waals surface area contributed by atoms with Crippen molar-refractivity contribution in [3.05, 3.63) is 34.6 Å². The Morgan fingerprint density at radius 1 is 0.704 bits per heavy atom. The van der Waals surface area contributed by atoms with Crippen LogP contribution >= 0.6 is 0 Å². The molecule has 9 heteroatoms. The van der Waals surface area contributed by atoms with Crippen molar-refractivity contribution < 1.29 is 35.2 Å². The standard InChI is InChI=1S/C18H27F5O3Si/c1-11(2)25-27(24-5,26-12(3)4)10-8-6-7-9-13-14(19)16(21)18(23)17(22)15(13)20/h11-12H,6-10H2,1-5H3. The Balaban J connectivity index is 2.68. The van der Waals surface area contributed by atoms with Gasteiger partial charge in [0.25, 0.3) is 0 Å². The first-order valence-electron chi connectivity index (χ1n) is 8.95. The van der Waals surface area contributed by atoms with Crippen molar-refractivity contribution in [2.24, 2.45) is 0 Å². The van der Waals surface area contributed by atoms with E-state index in [2.05, 4.69) is 0 Å². The zero-order valence-electron chi connectivity index (χ0n) is 16.3. The summed E-state index contributed by atoms with van der Waals surface area (Å²) in [6.07, 6.45) is 0.904.